The molecule has 7 nitrogen and oxygen atoms in total. The Balaban J connectivity index is 1.24. The molecule has 1 unspecified atom stereocenters. The van der Waals surface area contributed by atoms with Crippen molar-refractivity contribution in [2.45, 2.75) is 56.5 Å². The Morgan fingerprint density at radius 2 is 1.63 bits per heavy atom. The number of carboxylic acid groups (broad SMARTS) is 1. The van der Waals surface area contributed by atoms with E-state index >= 15 is 0 Å². The van der Waals surface area contributed by atoms with Gasteiger partial charge in [0.1, 0.15) is 12.6 Å². The molecule has 0 aliphatic heterocycles. The second-order valence-electron chi connectivity index (χ2n) is 9.14. The Morgan fingerprint density at radius 1 is 1.00 bits per heavy atom. The Labute approximate surface area is 201 Å². The SMILES string of the molecule is O=C(C[C@@H]1CC[C@H](NC(=O)OCC2c3ccccc3-c3ccccc32)C1)NC(CC(F)F)C(=O)O. The van der Waals surface area contributed by atoms with Crippen molar-refractivity contribution in [2.75, 3.05) is 6.61 Å². The van der Waals surface area contributed by atoms with E-state index in [4.69, 9.17) is 9.84 Å². The van der Waals surface area contributed by atoms with Crippen LogP contribution in [0.15, 0.2) is 48.5 Å². The highest BCUT2D eigenvalue weighted by molar-refractivity contribution is 5.83. The number of amides is 2. The van der Waals surface area contributed by atoms with Gasteiger partial charge in [-0.1, -0.05) is 48.5 Å². The number of hydrogen-bond acceptors (Lipinski definition) is 4. The minimum Gasteiger partial charge on any atom is -0.480 e. The van der Waals surface area contributed by atoms with E-state index in [-0.39, 0.29) is 30.9 Å². The van der Waals surface area contributed by atoms with Gasteiger partial charge in [-0.05, 0) is 47.4 Å². The number of alkyl halides is 2. The standard InChI is InChI=1S/C26H28F2N2O5/c27-23(28)13-22(25(32)33)30-24(31)12-15-9-10-16(11-15)29-26(34)35-14-21-19-7-3-1-5-17(19)18-6-2-4-8-20(18)21/h1-8,15-16,21-23H,9-14H2,(H,29,34)(H,30,31)(H,32,33)/t15-,16+,22?/m1/s1. The van der Waals surface area contributed by atoms with Crippen LogP contribution in [0.4, 0.5) is 13.6 Å². The van der Waals surface area contributed by atoms with Crippen LogP contribution >= 0.6 is 0 Å². The van der Waals surface area contributed by atoms with E-state index in [9.17, 15) is 23.2 Å². The van der Waals surface area contributed by atoms with Gasteiger partial charge < -0.3 is 20.5 Å². The summed E-state index contributed by atoms with van der Waals surface area (Å²) in [5.74, 6) is -2.18. The third-order valence-electron chi connectivity index (χ3n) is 6.73. The summed E-state index contributed by atoms with van der Waals surface area (Å²) >= 11 is 0. The van der Waals surface area contributed by atoms with Crippen molar-refractivity contribution < 1.29 is 33.0 Å². The molecule has 0 spiro atoms. The van der Waals surface area contributed by atoms with E-state index < -0.39 is 36.9 Å². The highest BCUT2D eigenvalue weighted by atomic mass is 19.3. The molecule has 2 aromatic carbocycles. The number of alkyl carbamates (subject to hydrolysis) is 1. The highest BCUT2D eigenvalue weighted by Gasteiger charge is 2.32. The zero-order valence-corrected chi connectivity index (χ0v) is 19.1. The lowest BCUT2D eigenvalue weighted by atomic mass is 9.98. The maximum atomic E-state index is 12.5. The fourth-order valence-electron chi connectivity index (χ4n) is 5.11. The van der Waals surface area contributed by atoms with Crippen molar-refractivity contribution in [1.29, 1.82) is 0 Å². The average molecular weight is 487 g/mol. The number of rotatable bonds is 9. The van der Waals surface area contributed by atoms with Crippen molar-refractivity contribution in [2.24, 2.45) is 5.92 Å². The maximum Gasteiger partial charge on any atom is 0.407 e. The molecule has 0 aromatic heterocycles. The zero-order valence-electron chi connectivity index (χ0n) is 19.1. The van der Waals surface area contributed by atoms with Gasteiger partial charge in [0.2, 0.25) is 12.3 Å². The van der Waals surface area contributed by atoms with Crippen molar-refractivity contribution in [3.05, 3.63) is 59.7 Å². The minimum atomic E-state index is -2.83. The first-order chi connectivity index (χ1) is 16.8. The normalized spacial score (nSPS) is 19.6. The van der Waals surface area contributed by atoms with Crippen molar-refractivity contribution >= 4 is 18.0 Å². The Kier molecular flexibility index (Phi) is 7.63. The molecule has 186 valence electrons. The third kappa shape index (κ3) is 5.96. The first kappa shape index (κ1) is 24.6. The average Bonchev–Trinajstić information content (AvgIpc) is 3.38. The summed E-state index contributed by atoms with van der Waals surface area (Å²) in [6.45, 7) is 0.207. The van der Waals surface area contributed by atoms with Crippen molar-refractivity contribution in [1.82, 2.24) is 10.6 Å². The van der Waals surface area contributed by atoms with Crippen LogP contribution in [0.5, 0.6) is 0 Å². The van der Waals surface area contributed by atoms with Gasteiger partial charge in [-0.15, -0.1) is 0 Å². The van der Waals surface area contributed by atoms with Gasteiger partial charge in [0.25, 0.3) is 0 Å². The predicted octanol–water partition coefficient (Wildman–Crippen LogP) is 4.31. The lowest BCUT2D eigenvalue weighted by Crippen LogP contribution is -2.42. The van der Waals surface area contributed by atoms with Crippen LogP contribution in [0.1, 0.15) is 49.1 Å². The number of hydrogen-bond donors (Lipinski definition) is 3. The van der Waals surface area contributed by atoms with Crippen molar-refractivity contribution in [3.63, 3.8) is 0 Å². The molecular weight excluding hydrogens is 458 g/mol. The number of carboxylic acids is 1. The molecule has 1 fully saturated rings. The fourth-order valence-corrected chi connectivity index (χ4v) is 5.11. The van der Waals surface area contributed by atoms with Gasteiger partial charge >= 0.3 is 12.1 Å². The molecule has 0 radical (unpaired) electrons. The fraction of sp³-hybridized carbons (Fsp3) is 0.423. The molecule has 9 heteroatoms. The Bertz CT molecular complexity index is 1050. The molecule has 2 aromatic rings. The number of fused-ring (bicyclic) bond motifs is 3. The first-order valence-corrected chi connectivity index (χ1v) is 11.7. The van der Waals surface area contributed by atoms with E-state index in [2.05, 4.69) is 22.8 Å². The molecule has 0 saturated heterocycles. The van der Waals surface area contributed by atoms with E-state index in [1.807, 2.05) is 36.4 Å². The Morgan fingerprint density at radius 3 is 2.23 bits per heavy atom. The highest BCUT2D eigenvalue weighted by Crippen LogP contribution is 2.44. The van der Waals surface area contributed by atoms with Gasteiger partial charge in [-0.2, -0.15) is 0 Å². The molecule has 4 rings (SSSR count). The number of ether oxygens (including phenoxy) is 1. The van der Waals surface area contributed by atoms with E-state index in [0.717, 1.165) is 22.3 Å². The first-order valence-electron chi connectivity index (χ1n) is 11.7. The van der Waals surface area contributed by atoms with Crippen LogP contribution in [-0.4, -0.2) is 48.2 Å². The topological polar surface area (TPSA) is 105 Å². The quantitative estimate of drug-likeness (QED) is 0.490. The maximum absolute atomic E-state index is 12.5. The number of nitrogens with one attached hydrogen (secondary N) is 2. The van der Waals surface area contributed by atoms with Crippen LogP contribution in [0.2, 0.25) is 0 Å². The van der Waals surface area contributed by atoms with E-state index in [1.165, 1.54) is 0 Å². The summed E-state index contributed by atoms with van der Waals surface area (Å²) in [5, 5.41) is 14.0. The van der Waals surface area contributed by atoms with Gasteiger partial charge in [0.05, 0.1) is 0 Å². The smallest absolute Gasteiger partial charge is 0.407 e. The van der Waals surface area contributed by atoms with Gasteiger partial charge in [-0.25, -0.2) is 18.4 Å². The van der Waals surface area contributed by atoms with Crippen LogP contribution in [0.25, 0.3) is 11.1 Å². The lowest BCUT2D eigenvalue weighted by molar-refractivity contribution is -0.143. The molecular formula is C26H28F2N2O5. The van der Waals surface area contributed by atoms with Gasteiger partial charge in [0, 0.05) is 24.8 Å². The predicted molar refractivity (Wildman–Crippen MR) is 124 cm³/mol. The molecule has 2 amide bonds. The Hall–Kier alpha value is -3.49. The number of aliphatic carboxylic acids is 1. The molecule has 2 aliphatic rings. The molecule has 3 atom stereocenters. The van der Waals surface area contributed by atoms with Gasteiger partial charge in [-0.3, -0.25) is 4.79 Å². The van der Waals surface area contributed by atoms with Crippen LogP contribution in [0, 0.1) is 5.92 Å². The molecule has 35 heavy (non-hydrogen) atoms. The third-order valence-corrected chi connectivity index (χ3v) is 6.73. The van der Waals surface area contributed by atoms with Crippen molar-refractivity contribution in [3.8, 4) is 11.1 Å². The second-order valence-corrected chi connectivity index (χ2v) is 9.14. The minimum absolute atomic E-state index is 0.0237. The summed E-state index contributed by atoms with van der Waals surface area (Å²) in [6, 6.07) is 14.4. The molecule has 2 aliphatic carbocycles. The zero-order chi connectivity index (χ0) is 24.9. The summed E-state index contributed by atoms with van der Waals surface area (Å²) in [5.41, 5.74) is 4.54. The van der Waals surface area contributed by atoms with Crippen LogP contribution < -0.4 is 10.6 Å². The lowest BCUT2D eigenvalue weighted by Gasteiger charge is -2.17. The van der Waals surface area contributed by atoms with E-state index in [0.29, 0.717) is 19.3 Å². The number of halogens is 2. The molecule has 0 bridgehead atoms. The second kappa shape index (κ2) is 10.8. The molecule has 1 saturated carbocycles. The largest absolute Gasteiger partial charge is 0.480 e. The summed E-state index contributed by atoms with van der Waals surface area (Å²) in [7, 11) is 0. The summed E-state index contributed by atoms with van der Waals surface area (Å²) in [6.07, 6.45) is -2.41. The van der Waals surface area contributed by atoms with Gasteiger partial charge in [0.15, 0.2) is 0 Å². The number of benzene rings is 2. The number of carbonyl (C=O) groups excluding carboxylic acids is 2. The molecule has 3 N–H and O–H groups in total. The van der Waals surface area contributed by atoms with E-state index in [1.54, 1.807) is 0 Å². The molecule has 0 heterocycles. The number of carbonyl (C=O) groups is 3. The van der Waals surface area contributed by atoms with Crippen LogP contribution in [0.3, 0.4) is 0 Å². The summed E-state index contributed by atoms with van der Waals surface area (Å²) < 4.78 is 30.6. The summed E-state index contributed by atoms with van der Waals surface area (Å²) in [4.78, 5) is 35.7. The van der Waals surface area contributed by atoms with Crippen LogP contribution in [-0.2, 0) is 14.3 Å². The monoisotopic (exact) mass is 486 g/mol.